The van der Waals surface area contributed by atoms with Crippen molar-refractivity contribution >= 4 is 28.9 Å². The largest absolute Gasteiger partial charge is 0.381 e. The Morgan fingerprint density at radius 3 is 2.42 bits per heavy atom. The summed E-state index contributed by atoms with van der Waals surface area (Å²) in [6.45, 7) is 0.450. The molecule has 1 N–H and O–H groups in total. The Kier molecular flexibility index (Phi) is 4.26. The Bertz CT molecular complexity index is 630. The van der Waals surface area contributed by atoms with Gasteiger partial charge in [-0.25, -0.2) is 4.39 Å². The number of rotatable bonds is 3. The number of hydrogen-bond acceptors (Lipinski definition) is 2. The topological polar surface area (TPSA) is 35.8 Å². The second-order valence-electron chi connectivity index (χ2n) is 3.94. The molecular formula is C14H9Cl2FN2. The third-order valence-electron chi connectivity index (χ3n) is 2.51. The Balaban J connectivity index is 2.12. The highest BCUT2D eigenvalue weighted by Gasteiger charge is 2.03. The van der Waals surface area contributed by atoms with Gasteiger partial charge in [0.05, 0.1) is 5.56 Å². The molecule has 0 spiro atoms. The summed E-state index contributed by atoms with van der Waals surface area (Å²) < 4.78 is 13.2. The van der Waals surface area contributed by atoms with E-state index in [9.17, 15) is 4.39 Å². The summed E-state index contributed by atoms with van der Waals surface area (Å²) in [4.78, 5) is 0. The molecule has 5 heteroatoms. The SMILES string of the molecule is N#Cc1cc(CNc2cc(Cl)cc(Cl)c2)ccc1F. The van der Waals surface area contributed by atoms with Crippen molar-refractivity contribution in [3.63, 3.8) is 0 Å². The van der Waals surface area contributed by atoms with Gasteiger partial charge >= 0.3 is 0 Å². The fraction of sp³-hybridized carbons (Fsp3) is 0.0714. The molecule has 2 rings (SSSR count). The highest BCUT2D eigenvalue weighted by atomic mass is 35.5. The smallest absolute Gasteiger partial charge is 0.140 e. The van der Waals surface area contributed by atoms with E-state index in [1.807, 2.05) is 6.07 Å². The fourth-order valence-corrected chi connectivity index (χ4v) is 2.15. The van der Waals surface area contributed by atoms with Crippen molar-refractivity contribution in [2.45, 2.75) is 6.54 Å². The van der Waals surface area contributed by atoms with E-state index in [1.54, 1.807) is 24.3 Å². The van der Waals surface area contributed by atoms with Crippen molar-refractivity contribution in [1.82, 2.24) is 0 Å². The van der Waals surface area contributed by atoms with E-state index in [1.165, 1.54) is 12.1 Å². The minimum atomic E-state index is -0.517. The van der Waals surface area contributed by atoms with Crippen LogP contribution in [0.3, 0.4) is 0 Å². The van der Waals surface area contributed by atoms with Crippen molar-refractivity contribution in [2.75, 3.05) is 5.32 Å². The van der Waals surface area contributed by atoms with Crippen LogP contribution in [0.4, 0.5) is 10.1 Å². The predicted molar refractivity (Wildman–Crippen MR) is 74.9 cm³/mol. The zero-order valence-corrected chi connectivity index (χ0v) is 11.3. The Morgan fingerprint density at radius 2 is 1.79 bits per heavy atom. The van der Waals surface area contributed by atoms with Gasteiger partial charge in [-0.1, -0.05) is 29.3 Å². The van der Waals surface area contributed by atoms with Crippen molar-refractivity contribution in [1.29, 1.82) is 5.26 Å². The molecule has 0 aromatic heterocycles. The zero-order valence-electron chi connectivity index (χ0n) is 9.75. The van der Waals surface area contributed by atoms with E-state index in [0.29, 0.717) is 16.6 Å². The second-order valence-corrected chi connectivity index (χ2v) is 4.81. The van der Waals surface area contributed by atoms with Crippen LogP contribution in [0.5, 0.6) is 0 Å². The van der Waals surface area contributed by atoms with Gasteiger partial charge in [0, 0.05) is 22.3 Å². The van der Waals surface area contributed by atoms with Gasteiger partial charge in [-0.05, 0) is 35.9 Å². The van der Waals surface area contributed by atoms with Crippen LogP contribution in [0.25, 0.3) is 0 Å². The lowest BCUT2D eigenvalue weighted by Crippen LogP contribution is -2.00. The minimum Gasteiger partial charge on any atom is -0.381 e. The van der Waals surface area contributed by atoms with Gasteiger partial charge in [0.15, 0.2) is 0 Å². The molecule has 0 radical (unpaired) electrons. The lowest BCUT2D eigenvalue weighted by molar-refractivity contribution is 0.623. The number of nitrogens with zero attached hydrogens (tertiary/aromatic N) is 1. The van der Waals surface area contributed by atoms with E-state index in [4.69, 9.17) is 28.5 Å². The van der Waals surface area contributed by atoms with Gasteiger partial charge in [0.25, 0.3) is 0 Å². The van der Waals surface area contributed by atoms with Crippen LogP contribution in [0, 0.1) is 17.1 Å². The number of nitriles is 1. The molecule has 0 heterocycles. The van der Waals surface area contributed by atoms with Gasteiger partial charge in [-0.2, -0.15) is 5.26 Å². The van der Waals surface area contributed by atoms with E-state index in [0.717, 1.165) is 11.3 Å². The van der Waals surface area contributed by atoms with Gasteiger partial charge in [0.2, 0.25) is 0 Å². The van der Waals surface area contributed by atoms with Crippen molar-refractivity contribution < 1.29 is 4.39 Å². The average molecular weight is 295 g/mol. The maximum atomic E-state index is 13.2. The van der Waals surface area contributed by atoms with Gasteiger partial charge < -0.3 is 5.32 Å². The van der Waals surface area contributed by atoms with Crippen LogP contribution < -0.4 is 5.32 Å². The summed E-state index contributed by atoms with van der Waals surface area (Å²) in [5, 5.41) is 12.9. The van der Waals surface area contributed by atoms with Crippen LogP contribution in [-0.2, 0) is 6.54 Å². The number of nitrogens with one attached hydrogen (secondary N) is 1. The minimum absolute atomic E-state index is 0.0310. The summed E-state index contributed by atoms with van der Waals surface area (Å²) >= 11 is 11.8. The number of anilines is 1. The first kappa shape index (κ1) is 13.7. The molecule has 96 valence electrons. The molecule has 0 aliphatic carbocycles. The van der Waals surface area contributed by atoms with Crippen LogP contribution in [0.1, 0.15) is 11.1 Å². The molecule has 0 bridgehead atoms. The highest BCUT2D eigenvalue weighted by molar-refractivity contribution is 6.35. The first-order chi connectivity index (χ1) is 9.08. The van der Waals surface area contributed by atoms with Gasteiger partial charge in [-0.15, -0.1) is 0 Å². The number of hydrogen-bond donors (Lipinski definition) is 1. The average Bonchev–Trinajstić information content (AvgIpc) is 2.36. The molecule has 0 atom stereocenters. The van der Waals surface area contributed by atoms with E-state index in [2.05, 4.69) is 5.32 Å². The van der Waals surface area contributed by atoms with Crippen LogP contribution >= 0.6 is 23.2 Å². The first-order valence-corrected chi connectivity index (χ1v) is 6.22. The molecule has 0 unspecified atom stereocenters. The highest BCUT2D eigenvalue weighted by Crippen LogP contribution is 2.23. The molecule has 0 amide bonds. The van der Waals surface area contributed by atoms with Crippen LogP contribution in [0.2, 0.25) is 10.0 Å². The predicted octanol–water partition coefficient (Wildman–Crippen LogP) is 4.62. The molecule has 19 heavy (non-hydrogen) atoms. The standard InChI is InChI=1S/C14H9Cl2FN2/c15-11-4-12(16)6-13(5-11)19-8-9-1-2-14(17)10(3-9)7-18/h1-6,19H,8H2. The summed E-state index contributed by atoms with van der Waals surface area (Å²) in [6, 6.07) is 11.3. The fourth-order valence-electron chi connectivity index (χ4n) is 1.63. The molecule has 0 aliphatic heterocycles. The molecule has 0 saturated carbocycles. The Hall–Kier alpha value is -1.76. The third-order valence-corrected chi connectivity index (χ3v) is 2.95. The van der Waals surface area contributed by atoms with Crippen LogP contribution in [-0.4, -0.2) is 0 Å². The van der Waals surface area contributed by atoms with Crippen molar-refractivity contribution in [3.05, 3.63) is 63.4 Å². The molecule has 2 aromatic rings. The lowest BCUT2D eigenvalue weighted by atomic mass is 10.1. The zero-order chi connectivity index (χ0) is 13.8. The van der Waals surface area contributed by atoms with Gasteiger partial charge in [-0.3, -0.25) is 0 Å². The van der Waals surface area contributed by atoms with Gasteiger partial charge in [0.1, 0.15) is 11.9 Å². The Morgan fingerprint density at radius 1 is 1.11 bits per heavy atom. The maximum absolute atomic E-state index is 13.2. The summed E-state index contributed by atoms with van der Waals surface area (Å²) in [6.07, 6.45) is 0. The molecule has 0 aliphatic rings. The summed E-state index contributed by atoms with van der Waals surface area (Å²) in [5.74, 6) is -0.517. The van der Waals surface area contributed by atoms with E-state index < -0.39 is 5.82 Å². The van der Waals surface area contributed by atoms with E-state index in [-0.39, 0.29) is 5.56 Å². The lowest BCUT2D eigenvalue weighted by Gasteiger charge is -2.08. The van der Waals surface area contributed by atoms with Crippen LogP contribution in [0.15, 0.2) is 36.4 Å². The quantitative estimate of drug-likeness (QED) is 0.897. The molecule has 0 saturated heterocycles. The normalized spacial score (nSPS) is 10.0. The molecule has 2 aromatic carbocycles. The van der Waals surface area contributed by atoms with Crippen molar-refractivity contribution in [3.8, 4) is 6.07 Å². The number of halogens is 3. The Labute approximate surface area is 120 Å². The maximum Gasteiger partial charge on any atom is 0.140 e. The van der Waals surface area contributed by atoms with Crippen molar-refractivity contribution in [2.24, 2.45) is 0 Å². The monoisotopic (exact) mass is 294 g/mol. The van der Waals surface area contributed by atoms with E-state index >= 15 is 0 Å². The summed E-state index contributed by atoms with van der Waals surface area (Å²) in [7, 11) is 0. The first-order valence-electron chi connectivity index (χ1n) is 5.47. The molecule has 2 nitrogen and oxygen atoms in total. The molecule has 0 fully saturated rings. The summed E-state index contributed by atoms with van der Waals surface area (Å²) in [5.41, 5.74) is 1.60. The third kappa shape index (κ3) is 3.60. The molecular weight excluding hydrogens is 286 g/mol. The second kappa shape index (κ2) is 5.92. The number of benzene rings is 2.